The molecule has 0 unspecified atom stereocenters. The number of hydrogen-bond donors (Lipinski definition) is 3. The number of amides is 3. The number of nitrogens with one attached hydrogen (secondary N) is 3. The normalized spacial score (nSPS) is 13.0. The van der Waals surface area contributed by atoms with Crippen LogP contribution in [0.2, 0.25) is 0 Å². The Kier molecular flexibility index (Phi) is 11.2. The van der Waals surface area contributed by atoms with Gasteiger partial charge in [-0.05, 0) is 70.6 Å². The third-order valence-electron chi connectivity index (χ3n) is 7.50. The van der Waals surface area contributed by atoms with Gasteiger partial charge < -0.3 is 25.6 Å². The second-order valence-corrected chi connectivity index (χ2v) is 11.2. The molecule has 16 heteroatoms. The third-order valence-corrected chi connectivity index (χ3v) is 7.50. The van der Waals surface area contributed by atoms with E-state index in [0.717, 1.165) is 31.3 Å². The molecule has 3 N–H and O–H groups in total. The summed E-state index contributed by atoms with van der Waals surface area (Å²) < 4.78 is 75.8. The van der Waals surface area contributed by atoms with Crippen molar-refractivity contribution in [1.82, 2.24) is 25.5 Å². The van der Waals surface area contributed by atoms with E-state index in [1.807, 2.05) is 13.8 Å². The van der Waals surface area contributed by atoms with E-state index >= 15 is 8.78 Å². The van der Waals surface area contributed by atoms with Gasteiger partial charge in [-0.15, -0.1) is 0 Å². The summed E-state index contributed by atoms with van der Waals surface area (Å²) in [5, 5.41) is 8.10. The molecule has 3 aromatic rings. The molecule has 2 heterocycles. The molecule has 48 heavy (non-hydrogen) atoms. The van der Waals surface area contributed by atoms with Crippen LogP contribution in [0.3, 0.4) is 0 Å². The highest BCUT2D eigenvalue weighted by Crippen LogP contribution is 2.43. The average molecular weight is 678 g/mol. The lowest BCUT2D eigenvalue weighted by molar-refractivity contribution is -0.189. The Labute approximate surface area is 273 Å². The molecule has 0 radical (unpaired) electrons. The molecule has 4 rings (SSSR count). The zero-order valence-electron chi connectivity index (χ0n) is 27.0. The second-order valence-electron chi connectivity index (χ2n) is 11.2. The van der Waals surface area contributed by atoms with E-state index in [4.69, 9.17) is 4.74 Å². The Bertz CT molecular complexity index is 1680. The predicted molar refractivity (Wildman–Crippen MR) is 168 cm³/mol. The molecule has 1 aromatic heterocycles. The number of rotatable bonds is 12. The number of halogens is 5. The van der Waals surface area contributed by atoms with Crippen molar-refractivity contribution < 1.29 is 41.1 Å². The van der Waals surface area contributed by atoms with Crippen molar-refractivity contribution in [2.24, 2.45) is 0 Å². The minimum Gasteiger partial charge on any atom is -0.418 e. The van der Waals surface area contributed by atoms with Crippen molar-refractivity contribution >= 4 is 35.4 Å². The zero-order chi connectivity index (χ0) is 35.3. The standard InChI is InChI=1S/C32H36F5N7O4/c1-6-43(7-2)15-9-14-38-30-41-24(20-16-39-31(47)44(27(20)42-30)25-21(33)10-8-11-22(25)34)23-18(5)12-13-19(28(45)40-17(3)4)26(23)48-29(46)32(35,36)37/h8,10-13,17H,6-7,9,14-16H2,1-5H3,(H,39,47)(H,40,45)(H,38,41,42). The first-order valence-corrected chi connectivity index (χ1v) is 15.3. The maximum Gasteiger partial charge on any atom is 0.491 e. The molecule has 2 aromatic carbocycles. The topological polar surface area (TPSA) is 129 Å². The van der Waals surface area contributed by atoms with Crippen LogP contribution in [-0.2, 0) is 11.3 Å². The first kappa shape index (κ1) is 36.0. The monoisotopic (exact) mass is 677 g/mol. The van der Waals surface area contributed by atoms with Crippen molar-refractivity contribution in [3.63, 3.8) is 0 Å². The molecule has 3 amide bonds. The molecular weight excluding hydrogens is 641 g/mol. The number of ether oxygens (including phenoxy) is 1. The lowest BCUT2D eigenvalue weighted by Gasteiger charge is -2.31. The van der Waals surface area contributed by atoms with E-state index in [1.165, 1.54) is 19.1 Å². The third kappa shape index (κ3) is 7.81. The summed E-state index contributed by atoms with van der Waals surface area (Å²) in [6, 6.07) is 4.27. The van der Waals surface area contributed by atoms with Crippen LogP contribution >= 0.6 is 0 Å². The van der Waals surface area contributed by atoms with Gasteiger partial charge in [0.2, 0.25) is 5.95 Å². The van der Waals surface area contributed by atoms with Crippen molar-refractivity contribution in [3.8, 4) is 17.0 Å². The summed E-state index contributed by atoms with van der Waals surface area (Å²) in [4.78, 5) is 50.5. The molecule has 258 valence electrons. The maximum absolute atomic E-state index is 15.1. The quantitative estimate of drug-likeness (QED) is 0.0945. The number of benzene rings is 2. The molecule has 0 saturated carbocycles. The molecule has 0 aliphatic carbocycles. The number of anilines is 3. The summed E-state index contributed by atoms with van der Waals surface area (Å²) in [6.07, 6.45) is -4.81. The van der Waals surface area contributed by atoms with Gasteiger partial charge in [-0.3, -0.25) is 4.79 Å². The fraction of sp³-hybridized carbons (Fsp3) is 0.406. The molecule has 1 aliphatic rings. The van der Waals surface area contributed by atoms with Gasteiger partial charge in [-0.25, -0.2) is 28.3 Å². The van der Waals surface area contributed by atoms with Crippen LogP contribution in [-0.4, -0.2) is 71.2 Å². The largest absolute Gasteiger partial charge is 0.491 e. The maximum atomic E-state index is 15.1. The Hall–Kier alpha value is -4.86. The number of carbonyl (C=O) groups is 3. The number of aryl methyl sites for hydroxylation is 1. The van der Waals surface area contributed by atoms with Gasteiger partial charge in [0.25, 0.3) is 5.91 Å². The van der Waals surface area contributed by atoms with Gasteiger partial charge in [-0.1, -0.05) is 26.0 Å². The van der Waals surface area contributed by atoms with E-state index in [0.29, 0.717) is 24.4 Å². The fourth-order valence-corrected chi connectivity index (χ4v) is 5.15. The van der Waals surface area contributed by atoms with Gasteiger partial charge >= 0.3 is 18.2 Å². The summed E-state index contributed by atoms with van der Waals surface area (Å²) in [6.45, 7) is 11.1. The Morgan fingerprint density at radius 2 is 1.75 bits per heavy atom. The number of para-hydroxylation sites is 1. The van der Waals surface area contributed by atoms with Crippen molar-refractivity contribution in [2.45, 2.75) is 59.8 Å². The SMILES string of the molecule is CCN(CC)CCCNc1nc(-c2c(C)ccc(C(=O)NC(C)C)c2OC(=O)C(F)(F)F)c2c(n1)N(c1c(F)cccc1F)C(=O)NC2. The Balaban J connectivity index is 1.99. The van der Waals surface area contributed by atoms with Gasteiger partial charge in [0.15, 0.2) is 11.6 Å². The number of alkyl halides is 3. The predicted octanol–water partition coefficient (Wildman–Crippen LogP) is 5.84. The Morgan fingerprint density at radius 1 is 1.08 bits per heavy atom. The van der Waals surface area contributed by atoms with E-state index in [9.17, 15) is 27.6 Å². The summed E-state index contributed by atoms with van der Waals surface area (Å²) in [5.41, 5.74) is -1.23. The van der Waals surface area contributed by atoms with Crippen LogP contribution in [0.5, 0.6) is 5.75 Å². The lowest BCUT2D eigenvalue weighted by atomic mass is 9.95. The minimum absolute atomic E-state index is 0.0276. The van der Waals surface area contributed by atoms with Gasteiger partial charge in [0.1, 0.15) is 17.3 Å². The van der Waals surface area contributed by atoms with Gasteiger partial charge in [-0.2, -0.15) is 18.2 Å². The molecule has 0 fully saturated rings. The number of urea groups is 1. The number of esters is 1. The highest BCUT2D eigenvalue weighted by atomic mass is 19.4. The lowest BCUT2D eigenvalue weighted by Crippen LogP contribution is -2.43. The summed E-state index contributed by atoms with van der Waals surface area (Å²) >= 11 is 0. The van der Waals surface area contributed by atoms with Crippen molar-refractivity contribution in [3.05, 3.63) is 58.7 Å². The number of hydrogen-bond acceptors (Lipinski definition) is 8. The van der Waals surface area contributed by atoms with Gasteiger partial charge in [0, 0.05) is 23.7 Å². The van der Waals surface area contributed by atoms with E-state index in [1.54, 1.807) is 13.8 Å². The first-order valence-electron chi connectivity index (χ1n) is 15.3. The van der Waals surface area contributed by atoms with Crippen LogP contribution < -0.4 is 25.6 Å². The number of carbonyl (C=O) groups excluding carboxylic acids is 3. The summed E-state index contributed by atoms with van der Waals surface area (Å²) in [7, 11) is 0. The number of fused-ring (bicyclic) bond motifs is 1. The van der Waals surface area contributed by atoms with Gasteiger partial charge in [0.05, 0.1) is 17.8 Å². The highest BCUT2D eigenvalue weighted by Gasteiger charge is 2.43. The minimum atomic E-state index is -5.43. The highest BCUT2D eigenvalue weighted by molar-refractivity contribution is 6.04. The van der Waals surface area contributed by atoms with Crippen LogP contribution in [0.15, 0.2) is 30.3 Å². The molecule has 0 saturated heterocycles. The fourth-order valence-electron chi connectivity index (χ4n) is 5.15. The van der Waals surface area contributed by atoms with Crippen LogP contribution in [0, 0.1) is 18.6 Å². The molecular formula is C32H36F5N7O4. The number of aromatic nitrogens is 2. The van der Waals surface area contributed by atoms with Crippen LogP contribution in [0.1, 0.15) is 55.6 Å². The average Bonchev–Trinajstić information content (AvgIpc) is 3.01. The van der Waals surface area contributed by atoms with E-state index < -0.39 is 58.8 Å². The van der Waals surface area contributed by atoms with Crippen LogP contribution in [0.25, 0.3) is 11.3 Å². The first-order chi connectivity index (χ1) is 22.7. The molecule has 1 aliphatic heterocycles. The molecule has 0 bridgehead atoms. The van der Waals surface area contributed by atoms with Crippen LogP contribution in [0.4, 0.5) is 44.2 Å². The second kappa shape index (κ2) is 14.9. The molecule has 11 nitrogen and oxygen atoms in total. The van der Waals surface area contributed by atoms with E-state index in [2.05, 4.69) is 30.8 Å². The summed E-state index contributed by atoms with van der Waals surface area (Å²) in [5.74, 6) is -6.76. The number of nitrogens with zero attached hydrogens (tertiary/aromatic N) is 4. The Morgan fingerprint density at radius 3 is 2.35 bits per heavy atom. The smallest absolute Gasteiger partial charge is 0.418 e. The van der Waals surface area contributed by atoms with E-state index in [-0.39, 0.29) is 40.7 Å². The van der Waals surface area contributed by atoms with Crippen molar-refractivity contribution in [1.29, 1.82) is 0 Å². The van der Waals surface area contributed by atoms with Crippen molar-refractivity contribution in [2.75, 3.05) is 36.4 Å². The molecule has 0 spiro atoms. The zero-order valence-corrected chi connectivity index (χ0v) is 27.0. The molecule has 0 atom stereocenters.